The van der Waals surface area contributed by atoms with Crippen molar-refractivity contribution in [3.05, 3.63) is 84.4 Å². The van der Waals surface area contributed by atoms with E-state index in [0.717, 1.165) is 51.4 Å². The van der Waals surface area contributed by atoms with Crippen LogP contribution in [0.5, 0.6) is 0 Å². The molecule has 0 bridgehead atoms. The maximum Gasteiger partial charge on any atom is 0.279 e. The van der Waals surface area contributed by atoms with Crippen LogP contribution >= 0.6 is 0 Å². The van der Waals surface area contributed by atoms with E-state index in [9.17, 15) is 18.0 Å². The summed E-state index contributed by atoms with van der Waals surface area (Å²) in [5, 5.41) is 3.18. The Morgan fingerprint density at radius 3 is 2.20 bits per heavy atom. The van der Waals surface area contributed by atoms with Crippen molar-refractivity contribution in [2.75, 3.05) is 18.0 Å². The smallest absolute Gasteiger partial charge is 0.279 e. The third kappa shape index (κ3) is 6.23. The molecule has 9 nitrogen and oxygen atoms in total. The molecule has 2 heterocycles. The van der Waals surface area contributed by atoms with E-state index in [4.69, 9.17) is 0 Å². The molecule has 5 rings (SSSR count). The predicted octanol–water partition coefficient (Wildman–Crippen LogP) is 4.49. The standard InChI is InChI=1S/C30H35N5O4S/c36-29(33-24-12-6-2-7-13-24)28(23-10-4-1-5-11-23)35(30(37)27-22-31-18-19-32-27)25-14-16-26(17-15-25)40(38,39)34-20-8-3-9-21-34/h1,4-5,10-11,14-19,22,24,28H,2-3,6-9,12-13,20-21H2,(H,33,36). The minimum Gasteiger partial charge on any atom is -0.351 e. The van der Waals surface area contributed by atoms with Gasteiger partial charge in [-0.1, -0.05) is 56.0 Å². The van der Waals surface area contributed by atoms with Crippen molar-refractivity contribution in [2.24, 2.45) is 0 Å². The summed E-state index contributed by atoms with van der Waals surface area (Å²) < 4.78 is 28.1. The van der Waals surface area contributed by atoms with Gasteiger partial charge in [0, 0.05) is 37.2 Å². The molecule has 2 aliphatic rings. The van der Waals surface area contributed by atoms with Gasteiger partial charge in [0.05, 0.1) is 11.1 Å². The van der Waals surface area contributed by atoms with Gasteiger partial charge in [0.25, 0.3) is 5.91 Å². The monoisotopic (exact) mass is 561 g/mol. The Bertz CT molecular complexity index is 1390. The normalized spacial score (nSPS) is 17.6. The van der Waals surface area contributed by atoms with Crippen molar-refractivity contribution in [3.8, 4) is 0 Å². The topological polar surface area (TPSA) is 113 Å². The summed E-state index contributed by atoms with van der Waals surface area (Å²) in [5.74, 6) is -0.798. The fourth-order valence-corrected chi connectivity index (χ4v) is 7.05. The highest BCUT2D eigenvalue weighted by atomic mass is 32.2. The first-order valence-electron chi connectivity index (χ1n) is 14.0. The van der Waals surface area contributed by atoms with Gasteiger partial charge in [-0.2, -0.15) is 4.31 Å². The predicted molar refractivity (Wildman–Crippen MR) is 152 cm³/mol. The molecule has 0 spiro atoms. The largest absolute Gasteiger partial charge is 0.351 e. The maximum atomic E-state index is 14.0. The van der Waals surface area contributed by atoms with Gasteiger partial charge >= 0.3 is 0 Å². The lowest BCUT2D eigenvalue weighted by Crippen LogP contribution is -2.47. The van der Waals surface area contributed by atoms with Crippen LogP contribution in [-0.4, -0.2) is 53.6 Å². The lowest BCUT2D eigenvalue weighted by Gasteiger charge is -2.33. The van der Waals surface area contributed by atoms with E-state index in [1.54, 1.807) is 12.1 Å². The van der Waals surface area contributed by atoms with Crippen LogP contribution in [0.25, 0.3) is 0 Å². The summed E-state index contributed by atoms with van der Waals surface area (Å²) in [6.07, 6.45) is 12.0. The van der Waals surface area contributed by atoms with Crippen LogP contribution in [0.1, 0.15) is 73.5 Å². The third-order valence-electron chi connectivity index (χ3n) is 7.64. The SMILES string of the molecule is O=C(NC1CCCCC1)C(c1ccccc1)N(C(=O)c1cnccn1)c1ccc(S(=O)(=O)N2CCCCC2)cc1. The number of piperidine rings is 1. The molecule has 2 aromatic carbocycles. The number of rotatable bonds is 8. The number of aromatic nitrogens is 2. The Hall–Kier alpha value is -3.63. The average molecular weight is 562 g/mol. The minimum absolute atomic E-state index is 0.0398. The van der Waals surface area contributed by atoms with Crippen LogP contribution in [-0.2, 0) is 14.8 Å². The molecule has 1 saturated heterocycles. The van der Waals surface area contributed by atoms with Gasteiger partial charge in [0.1, 0.15) is 11.7 Å². The van der Waals surface area contributed by atoms with Gasteiger partial charge in [-0.25, -0.2) is 13.4 Å². The number of hydrogen-bond donors (Lipinski definition) is 1. The zero-order valence-electron chi connectivity index (χ0n) is 22.5. The number of sulfonamides is 1. The van der Waals surface area contributed by atoms with Crippen LogP contribution in [0, 0.1) is 0 Å². The Kier molecular flexibility index (Phi) is 8.86. The summed E-state index contributed by atoms with van der Waals surface area (Å²) in [6.45, 7) is 0.998. The molecule has 1 aromatic heterocycles. The quantitative estimate of drug-likeness (QED) is 0.434. The van der Waals surface area contributed by atoms with Gasteiger partial charge in [-0.05, 0) is 55.5 Å². The zero-order chi connectivity index (χ0) is 28.0. The van der Waals surface area contributed by atoms with Gasteiger partial charge < -0.3 is 5.32 Å². The van der Waals surface area contributed by atoms with Gasteiger partial charge in [0.15, 0.2) is 0 Å². The van der Waals surface area contributed by atoms with E-state index in [0.29, 0.717) is 24.3 Å². The molecule has 10 heteroatoms. The molecule has 1 atom stereocenters. The first-order valence-corrected chi connectivity index (χ1v) is 15.4. The van der Waals surface area contributed by atoms with Crippen LogP contribution < -0.4 is 10.2 Å². The second-order valence-corrected chi connectivity index (χ2v) is 12.3. The summed E-state index contributed by atoms with van der Waals surface area (Å²) in [7, 11) is -3.66. The molecular formula is C30H35N5O4S. The van der Waals surface area contributed by atoms with Gasteiger partial charge in [-0.3, -0.25) is 19.5 Å². The van der Waals surface area contributed by atoms with Crippen molar-refractivity contribution in [3.63, 3.8) is 0 Å². The number of nitrogens with one attached hydrogen (secondary N) is 1. The van der Waals surface area contributed by atoms with Crippen LogP contribution in [0.15, 0.2) is 78.1 Å². The lowest BCUT2D eigenvalue weighted by molar-refractivity contribution is -0.123. The Morgan fingerprint density at radius 1 is 0.875 bits per heavy atom. The van der Waals surface area contributed by atoms with E-state index in [-0.39, 0.29) is 22.5 Å². The number of amides is 2. The molecule has 0 radical (unpaired) electrons. The highest BCUT2D eigenvalue weighted by Gasteiger charge is 2.35. The number of hydrogen-bond acceptors (Lipinski definition) is 6. The van der Waals surface area contributed by atoms with E-state index >= 15 is 0 Å². The Balaban J connectivity index is 1.54. The van der Waals surface area contributed by atoms with Gasteiger partial charge in [-0.15, -0.1) is 0 Å². The van der Waals surface area contributed by atoms with Crippen LogP contribution in [0.3, 0.4) is 0 Å². The molecule has 2 amide bonds. The second kappa shape index (κ2) is 12.7. The number of anilines is 1. The maximum absolute atomic E-state index is 14.0. The van der Waals surface area contributed by atoms with Gasteiger partial charge in [0.2, 0.25) is 15.9 Å². The van der Waals surface area contributed by atoms with E-state index in [1.807, 2.05) is 30.3 Å². The van der Waals surface area contributed by atoms with E-state index in [1.165, 1.54) is 39.9 Å². The second-order valence-electron chi connectivity index (χ2n) is 10.4. The molecule has 1 N–H and O–H groups in total. The molecule has 1 saturated carbocycles. The Morgan fingerprint density at radius 2 is 1.55 bits per heavy atom. The van der Waals surface area contributed by atoms with Crippen molar-refractivity contribution in [1.29, 1.82) is 0 Å². The molecular weight excluding hydrogens is 526 g/mol. The number of nitrogens with zero attached hydrogens (tertiary/aromatic N) is 4. The third-order valence-corrected chi connectivity index (χ3v) is 9.56. The summed E-state index contributed by atoms with van der Waals surface area (Å²) in [5.41, 5.74) is 1.11. The molecule has 3 aromatic rings. The van der Waals surface area contributed by atoms with Crippen molar-refractivity contribution in [1.82, 2.24) is 19.6 Å². The molecule has 210 valence electrons. The summed E-state index contributed by atoms with van der Waals surface area (Å²) >= 11 is 0. The zero-order valence-corrected chi connectivity index (χ0v) is 23.3. The minimum atomic E-state index is -3.66. The highest BCUT2D eigenvalue weighted by Crippen LogP contribution is 2.32. The molecule has 1 aliphatic carbocycles. The fraction of sp³-hybridized carbons (Fsp3) is 0.400. The summed E-state index contributed by atoms with van der Waals surface area (Å²) in [4.78, 5) is 37.8. The molecule has 1 unspecified atom stereocenters. The fourth-order valence-electron chi connectivity index (χ4n) is 5.53. The van der Waals surface area contributed by atoms with Crippen LogP contribution in [0.4, 0.5) is 5.69 Å². The van der Waals surface area contributed by atoms with Crippen molar-refractivity contribution >= 4 is 27.5 Å². The Labute approximate surface area is 235 Å². The highest BCUT2D eigenvalue weighted by molar-refractivity contribution is 7.89. The first-order chi connectivity index (χ1) is 19.4. The van der Waals surface area contributed by atoms with E-state index in [2.05, 4.69) is 15.3 Å². The summed E-state index contributed by atoms with van der Waals surface area (Å²) in [6, 6.07) is 14.4. The van der Waals surface area contributed by atoms with Crippen LogP contribution in [0.2, 0.25) is 0 Å². The number of carbonyl (C=O) groups excluding carboxylic acids is 2. The first kappa shape index (κ1) is 27.9. The van der Waals surface area contributed by atoms with Crippen molar-refractivity contribution in [2.45, 2.75) is 68.3 Å². The molecule has 2 fully saturated rings. The number of carbonyl (C=O) groups is 2. The lowest BCUT2D eigenvalue weighted by atomic mass is 9.94. The molecule has 1 aliphatic heterocycles. The molecule has 40 heavy (non-hydrogen) atoms. The van der Waals surface area contributed by atoms with Crippen molar-refractivity contribution < 1.29 is 18.0 Å². The van der Waals surface area contributed by atoms with E-state index < -0.39 is 22.0 Å². The number of benzene rings is 2. The average Bonchev–Trinajstić information content (AvgIpc) is 3.01.